The molecule has 0 N–H and O–H groups in total. The predicted molar refractivity (Wildman–Crippen MR) is 74.8 cm³/mol. The van der Waals surface area contributed by atoms with E-state index < -0.39 is 27.9 Å². The van der Waals surface area contributed by atoms with Crippen molar-refractivity contribution in [3.05, 3.63) is 0 Å². The molecular formula is C13H23NO5S. The van der Waals surface area contributed by atoms with Crippen molar-refractivity contribution in [1.82, 2.24) is 4.90 Å². The summed E-state index contributed by atoms with van der Waals surface area (Å²) in [6.07, 6.45) is 0.672. The van der Waals surface area contributed by atoms with Crippen LogP contribution < -0.4 is 0 Å². The first-order valence-electron chi connectivity index (χ1n) is 6.77. The molecule has 1 aliphatic rings. The van der Waals surface area contributed by atoms with Crippen LogP contribution in [0.25, 0.3) is 0 Å². The number of ether oxygens (including phenoxy) is 1. The van der Waals surface area contributed by atoms with Gasteiger partial charge in [0.25, 0.3) is 0 Å². The average molecular weight is 305 g/mol. The van der Waals surface area contributed by atoms with Gasteiger partial charge in [0.1, 0.15) is 6.04 Å². The largest absolute Gasteiger partial charge is 0.467 e. The van der Waals surface area contributed by atoms with E-state index >= 15 is 0 Å². The van der Waals surface area contributed by atoms with Crippen molar-refractivity contribution in [2.75, 3.05) is 18.6 Å². The third-order valence-electron chi connectivity index (χ3n) is 3.43. The molecule has 2 unspecified atom stereocenters. The third kappa shape index (κ3) is 4.19. The van der Waals surface area contributed by atoms with Crippen LogP contribution in [0, 0.1) is 5.92 Å². The highest BCUT2D eigenvalue weighted by atomic mass is 32.2. The minimum absolute atomic E-state index is 0.0665. The number of nitrogens with zero attached hydrogens (tertiary/aromatic N) is 1. The van der Waals surface area contributed by atoms with Crippen molar-refractivity contribution in [2.45, 2.75) is 45.7 Å². The molecule has 1 heterocycles. The van der Waals surface area contributed by atoms with E-state index in [9.17, 15) is 18.0 Å². The van der Waals surface area contributed by atoms with E-state index in [0.29, 0.717) is 6.42 Å². The number of esters is 1. The summed E-state index contributed by atoms with van der Waals surface area (Å²) >= 11 is 0. The molecule has 0 spiro atoms. The van der Waals surface area contributed by atoms with Gasteiger partial charge in [-0.3, -0.25) is 4.79 Å². The SMILES string of the molecule is COC(=O)C(C)N(C(=O)CC(C)C)C1CCS(=O)(=O)C1. The normalized spacial score (nSPS) is 22.6. The molecule has 0 aromatic rings. The highest BCUT2D eigenvalue weighted by Gasteiger charge is 2.39. The molecule has 1 amide bonds. The maximum absolute atomic E-state index is 12.3. The topological polar surface area (TPSA) is 80.8 Å². The summed E-state index contributed by atoms with van der Waals surface area (Å²) in [5.74, 6) is -0.575. The molecule has 0 aromatic carbocycles. The molecule has 1 fully saturated rings. The number of hydrogen-bond acceptors (Lipinski definition) is 5. The fourth-order valence-corrected chi connectivity index (χ4v) is 4.18. The molecule has 1 aliphatic heterocycles. The second kappa shape index (κ2) is 6.56. The molecule has 2 atom stereocenters. The maximum Gasteiger partial charge on any atom is 0.328 e. The predicted octanol–water partition coefficient (Wildman–Crippen LogP) is 0.610. The first-order valence-corrected chi connectivity index (χ1v) is 8.59. The Labute approximate surface area is 120 Å². The lowest BCUT2D eigenvalue weighted by atomic mass is 10.1. The van der Waals surface area contributed by atoms with Gasteiger partial charge < -0.3 is 9.64 Å². The number of carbonyl (C=O) groups is 2. The average Bonchev–Trinajstić information content (AvgIpc) is 2.67. The molecule has 116 valence electrons. The van der Waals surface area contributed by atoms with Crippen molar-refractivity contribution in [3.8, 4) is 0 Å². The Bertz CT molecular complexity index is 471. The summed E-state index contributed by atoms with van der Waals surface area (Å²) in [5.41, 5.74) is 0. The standard InChI is InChI=1S/C13H23NO5S/c1-9(2)7-12(15)14(10(3)13(16)19-4)11-5-6-20(17,18)8-11/h9-11H,5-8H2,1-4H3. The van der Waals surface area contributed by atoms with Gasteiger partial charge in [0.2, 0.25) is 5.91 Å². The lowest BCUT2D eigenvalue weighted by Gasteiger charge is -2.33. The Morgan fingerprint density at radius 2 is 1.90 bits per heavy atom. The van der Waals surface area contributed by atoms with Crippen LogP contribution in [0.15, 0.2) is 0 Å². The number of methoxy groups -OCH3 is 1. The Kier molecular flexibility index (Phi) is 5.56. The van der Waals surface area contributed by atoms with Gasteiger partial charge in [-0.1, -0.05) is 13.8 Å². The summed E-state index contributed by atoms with van der Waals surface area (Å²) < 4.78 is 27.9. The van der Waals surface area contributed by atoms with Crippen molar-refractivity contribution >= 4 is 21.7 Å². The molecule has 0 radical (unpaired) electrons. The van der Waals surface area contributed by atoms with Gasteiger partial charge in [-0.15, -0.1) is 0 Å². The minimum atomic E-state index is -3.11. The van der Waals surface area contributed by atoms with E-state index in [2.05, 4.69) is 4.74 Å². The molecule has 0 bridgehead atoms. The Morgan fingerprint density at radius 3 is 2.30 bits per heavy atom. The van der Waals surface area contributed by atoms with Crippen molar-refractivity contribution < 1.29 is 22.7 Å². The van der Waals surface area contributed by atoms with Crippen LogP contribution in [0.2, 0.25) is 0 Å². The van der Waals surface area contributed by atoms with Gasteiger partial charge in [0.15, 0.2) is 9.84 Å². The van der Waals surface area contributed by atoms with Gasteiger partial charge in [-0.25, -0.2) is 13.2 Å². The van der Waals surface area contributed by atoms with E-state index in [0.717, 1.165) is 0 Å². The summed E-state index contributed by atoms with van der Waals surface area (Å²) in [6.45, 7) is 5.39. The number of amides is 1. The van der Waals surface area contributed by atoms with Gasteiger partial charge in [-0.05, 0) is 19.3 Å². The molecule has 7 heteroatoms. The first kappa shape index (κ1) is 16.9. The van der Waals surface area contributed by atoms with Gasteiger partial charge >= 0.3 is 5.97 Å². The number of rotatable bonds is 5. The molecule has 0 saturated carbocycles. The van der Waals surface area contributed by atoms with Crippen LogP contribution in [-0.4, -0.2) is 55.9 Å². The maximum atomic E-state index is 12.3. The lowest BCUT2D eigenvalue weighted by Crippen LogP contribution is -2.50. The van der Waals surface area contributed by atoms with Crippen LogP contribution in [0.3, 0.4) is 0 Å². The lowest BCUT2D eigenvalue weighted by molar-refractivity contribution is -0.154. The fourth-order valence-electron chi connectivity index (χ4n) is 2.47. The second-order valence-electron chi connectivity index (χ2n) is 5.65. The monoisotopic (exact) mass is 305 g/mol. The molecule has 6 nitrogen and oxygen atoms in total. The van der Waals surface area contributed by atoms with E-state index in [1.165, 1.54) is 12.0 Å². The van der Waals surface area contributed by atoms with Crippen LogP contribution in [0.4, 0.5) is 0 Å². The van der Waals surface area contributed by atoms with E-state index in [1.807, 2.05) is 13.8 Å². The van der Waals surface area contributed by atoms with Crippen LogP contribution >= 0.6 is 0 Å². The number of carbonyl (C=O) groups excluding carboxylic acids is 2. The number of hydrogen-bond donors (Lipinski definition) is 0. The summed E-state index contributed by atoms with van der Waals surface area (Å²) in [5, 5.41) is 0. The Balaban J connectivity index is 2.96. The summed E-state index contributed by atoms with van der Waals surface area (Å²) in [4.78, 5) is 25.4. The smallest absolute Gasteiger partial charge is 0.328 e. The minimum Gasteiger partial charge on any atom is -0.467 e. The second-order valence-corrected chi connectivity index (χ2v) is 7.88. The van der Waals surface area contributed by atoms with E-state index in [-0.39, 0.29) is 29.8 Å². The van der Waals surface area contributed by atoms with Gasteiger partial charge in [0.05, 0.1) is 18.6 Å². The van der Waals surface area contributed by atoms with Crippen LogP contribution in [0.5, 0.6) is 0 Å². The zero-order valence-corrected chi connectivity index (χ0v) is 13.3. The highest BCUT2D eigenvalue weighted by molar-refractivity contribution is 7.91. The summed E-state index contributed by atoms with van der Waals surface area (Å²) in [6, 6.07) is -1.19. The zero-order valence-electron chi connectivity index (χ0n) is 12.5. The van der Waals surface area contributed by atoms with E-state index in [1.54, 1.807) is 6.92 Å². The quantitative estimate of drug-likeness (QED) is 0.695. The van der Waals surface area contributed by atoms with Crippen LogP contribution in [0.1, 0.15) is 33.6 Å². The molecule has 1 saturated heterocycles. The van der Waals surface area contributed by atoms with Gasteiger partial charge in [-0.2, -0.15) is 0 Å². The van der Waals surface area contributed by atoms with Crippen LogP contribution in [-0.2, 0) is 24.2 Å². The Hall–Kier alpha value is -1.11. The Morgan fingerprint density at radius 1 is 1.30 bits per heavy atom. The summed E-state index contributed by atoms with van der Waals surface area (Å²) in [7, 11) is -1.86. The van der Waals surface area contributed by atoms with Crippen molar-refractivity contribution in [3.63, 3.8) is 0 Å². The molecule has 0 aliphatic carbocycles. The molecule has 1 rings (SSSR count). The van der Waals surface area contributed by atoms with Crippen molar-refractivity contribution in [1.29, 1.82) is 0 Å². The fraction of sp³-hybridized carbons (Fsp3) is 0.846. The van der Waals surface area contributed by atoms with E-state index in [4.69, 9.17) is 0 Å². The molecule has 0 aromatic heterocycles. The third-order valence-corrected chi connectivity index (χ3v) is 5.18. The molecule has 20 heavy (non-hydrogen) atoms. The van der Waals surface area contributed by atoms with Gasteiger partial charge in [0, 0.05) is 12.5 Å². The molecular weight excluding hydrogens is 282 g/mol. The first-order chi connectivity index (χ1) is 9.18. The zero-order chi connectivity index (χ0) is 15.5. The number of sulfone groups is 1. The van der Waals surface area contributed by atoms with Crippen molar-refractivity contribution in [2.24, 2.45) is 5.92 Å². The highest BCUT2D eigenvalue weighted by Crippen LogP contribution is 2.22.